The molecule has 0 bridgehead atoms. The van der Waals surface area contributed by atoms with E-state index in [9.17, 15) is 9.18 Å². The van der Waals surface area contributed by atoms with Crippen LogP contribution in [0.1, 0.15) is 10.4 Å². The number of carbonyl (C=O) groups is 1. The standard InChI is InChI=1S/C21H14ClFN2O/c22-16-3-1-2-14(10-16)21(26)24-18-7-4-13(5-8-18)20-12-15-11-17(23)6-9-19(15)25-20/h1-12,25H,(H,24,26). The molecule has 0 unspecified atom stereocenters. The Balaban J connectivity index is 1.55. The quantitative estimate of drug-likeness (QED) is 0.468. The number of halogens is 2. The van der Waals surface area contributed by atoms with Gasteiger partial charge >= 0.3 is 0 Å². The predicted molar refractivity (Wildman–Crippen MR) is 103 cm³/mol. The maximum Gasteiger partial charge on any atom is 0.255 e. The molecule has 4 rings (SSSR count). The summed E-state index contributed by atoms with van der Waals surface area (Å²) in [7, 11) is 0. The molecule has 1 amide bonds. The number of benzene rings is 3. The zero-order valence-corrected chi connectivity index (χ0v) is 14.3. The summed E-state index contributed by atoms with van der Waals surface area (Å²) in [6.45, 7) is 0. The Kier molecular flexibility index (Phi) is 4.19. The second-order valence-electron chi connectivity index (χ2n) is 5.96. The average Bonchev–Trinajstić information content (AvgIpc) is 3.05. The summed E-state index contributed by atoms with van der Waals surface area (Å²) in [4.78, 5) is 15.5. The van der Waals surface area contributed by atoms with Gasteiger partial charge < -0.3 is 10.3 Å². The Bertz CT molecular complexity index is 1100. The number of rotatable bonds is 3. The summed E-state index contributed by atoms with van der Waals surface area (Å²) in [6.07, 6.45) is 0. The zero-order valence-electron chi connectivity index (χ0n) is 13.6. The van der Waals surface area contributed by atoms with Gasteiger partial charge in [0.1, 0.15) is 5.82 Å². The van der Waals surface area contributed by atoms with Crippen LogP contribution in [0.25, 0.3) is 22.2 Å². The summed E-state index contributed by atoms with van der Waals surface area (Å²) < 4.78 is 13.3. The van der Waals surface area contributed by atoms with Crippen LogP contribution < -0.4 is 5.32 Å². The number of fused-ring (bicyclic) bond motifs is 1. The highest BCUT2D eigenvalue weighted by Gasteiger charge is 2.08. The number of nitrogens with one attached hydrogen (secondary N) is 2. The largest absolute Gasteiger partial charge is 0.355 e. The van der Waals surface area contributed by atoms with Gasteiger partial charge in [-0.15, -0.1) is 0 Å². The van der Waals surface area contributed by atoms with Crippen molar-refractivity contribution in [2.45, 2.75) is 0 Å². The molecule has 0 fully saturated rings. The number of anilines is 1. The summed E-state index contributed by atoms with van der Waals surface area (Å²) >= 11 is 5.92. The minimum Gasteiger partial charge on any atom is -0.355 e. The van der Waals surface area contributed by atoms with E-state index in [-0.39, 0.29) is 11.7 Å². The summed E-state index contributed by atoms with van der Waals surface area (Å²) in [6, 6.07) is 20.8. The second-order valence-corrected chi connectivity index (χ2v) is 6.39. The monoisotopic (exact) mass is 364 g/mol. The Morgan fingerprint density at radius 2 is 1.77 bits per heavy atom. The van der Waals surface area contributed by atoms with Gasteiger partial charge in [0.2, 0.25) is 0 Å². The molecule has 0 saturated carbocycles. The van der Waals surface area contributed by atoms with Crippen LogP contribution in [0.5, 0.6) is 0 Å². The number of H-pyrrole nitrogens is 1. The maximum atomic E-state index is 13.3. The predicted octanol–water partition coefficient (Wildman–Crippen LogP) is 5.88. The molecule has 4 aromatic rings. The summed E-state index contributed by atoms with van der Waals surface area (Å²) in [5.74, 6) is -0.483. The molecule has 0 atom stereocenters. The molecule has 1 aromatic heterocycles. The first-order valence-corrected chi connectivity index (χ1v) is 8.42. The van der Waals surface area contributed by atoms with Gasteiger partial charge in [0.25, 0.3) is 5.91 Å². The van der Waals surface area contributed by atoms with Gasteiger partial charge in [-0.05, 0) is 60.2 Å². The molecule has 0 saturated heterocycles. The van der Waals surface area contributed by atoms with E-state index in [1.54, 1.807) is 30.3 Å². The van der Waals surface area contributed by atoms with E-state index in [1.165, 1.54) is 12.1 Å². The molecule has 0 aliphatic rings. The van der Waals surface area contributed by atoms with Gasteiger partial charge in [-0.2, -0.15) is 0 Å². The number of hydrogen-bond acceptors (Lipinski definition) is 1. The normalized spacial score (nSPS) is 10.8. The number of hydrogen-bond donors (Lipinski definition) is 2. The minimum atomic E-state index is -0.262. The number of carbonyl (C=O) groups excluding carboxylic acids is 1. The highest BCUT2D eigenvalue weighted by Crippen LogP contribution is 2.26. The smallest absolute Gasteiger partial charge is 0.255 e. The lowest BCUT2D eigenvalue weighted by molar-refractivity contribution is 0.102. The van der Waals surface area contributed by atoms with Crippen molar-refractivity contribution in [1.29, 1.82) is 0 Å². The van der Waals surface area contributed by atoms with Crippen molar-refractivity contribution in [3.8, 4) is 11.3 Å². The fourth-order valence-electron chi connectivity index (χ4n) is 2.83. The van der Waals surface area contributed by atoms with Crippen LogP contribution >= 0.6 is 11.6 Å². The Labute approximate surface area is 154 Å². The molecular weight excluding hydrogens is 351 g/mol. The third kappa shape index (κ3) is 3.32. The molecule has 26 heavy (non-hydrogen) atoms. The van der Waals surface area contributed by atoms with E-state index in [1.807, 2.05) is 30.3 Å². The molecule has 0 aliphatic carbocycles. The third-order valence-corrected chi connectivity index (χ3v) is 4.36. The second kappa shape index (κ2) is 6.65. The van der Waals surface area contributed by atoms with Crippen molar-refractivity contribution in [2.75, 3.05) is 5.32 Å². The van der Waals surface area contributed by atoms with Crippen molar-refractivity contribution < 1.29 is 9.18 Å². The fraction of sp³-hybridized carbons (Fsp3) is 0. The first-order valence-electron chi connectivity index (χ1n) is 8.04. The van der Waals surface area contributed by atoms with Gasteiger partial charge in [-0.1, -0.05) is 29.8 Å². The van der Waals surface area contributed by atoms with Crippen molar-refractivity contribution in [3.63, 3.8) is 0 Å². The van der Waals surface area contributed by atoms with Gasteiger partial charge in [0.15, 0.2) is 0 Å². The molecule has 2 N–H and O–H groups in total. The topological polar surface area (TPSA) is 44.9 Å². The average molecular weight is 365 g/mol. The Hall–Kier alpha value is -3.11. The fourth-order valence-corrected chi connectivity index (χ4v) is 3.02. The first kappa shape index (κ1) is 16.4. The molecule has 1 heterocycles. The highest BCUT2D eigenvalue weighted by atomic mass is 35.5. The molecular formula is C21H14ClFN2O. The van der Waals surface area contributed by atoms with E-state index in [0.717, 1.165) is 22.2 Å². The molecule has 3 nitrogen and oxygen atoms in total. The maximum absolute atomic E-state index is 13.3. The van der Waals surface area contributed by atoms with Crippen LogP contribution in [0.2, 0.25) is 5.02 Å². The Morgan fingerprint density at radius 3 is 2.54 bits per heavy atom. The van der Waals surface area contributed by atoms with E-state index >= 15 is 0 Å². The van der Waals surface area contributed by atoms with Crippen LogP contribution in [-0.4, -0.2) is 10.9 Å². The van der Waals surface area contributed by atoms with Crippen molar-refractivity contribution in [1.82, 2.24) is 4.98 Å². The molecule has 0 aliphatic heterocycles. The lowest BCUT2D eigenvalue weighted by Gasteiger charge is -2.06. The summed E-state index contributed by atoms with van der Waals surface area (Å²) in [5, 5.41) is 4.18. The van der Waals surface area contributed by atoms with E-state index < -0.39 is 0 Å². The van der Waals surface area contributed by atoms with Gasteiger partial charge in [-0.25, -0.2) is 4.39 Å². The van der Waals surface area contributed by atoms with Crippen LogP contribution in [0.4, 0.5) is 10.1 Å². The number of amides is 1. The summed E-state index contributed by atoms with van der Waals surface area (Å²) in [5.41, 5.74) is 3.89. The zero-order chi connectivity index (χ0) is 18.1. The van der Waals surface area contributed by atoms with E-state index in [2.05, 4.69) is 10.3 Å². The molecule has 128 valence electrons. The van der Waals surface area contributed by atoms with Gasteiger partial charge in [-0.3, -0.25) is 4.79 Å². The molecule has 0 radical (unpaired) electrons. The van der Waals surface area contributed by atoms with Crippen LogP contribution in [-0.2, 0) is 0 Å². The molecule has 5 heteroatoms. The molecule has 3 aromatic carbocycles. The number of aromatic nitrogens is 1. The van der Waals surface area contributed by atoms with E-state index in [0.29, 0.717) is 16.3 Å². The van der Waals surface area contributed by atoms with Crippen molar-refractivity contribution >= 4 is 34.1 Å². The minimum absolute atomic E-state index is 0.221. The van der Waals surface area contributed by atoms with Gasteiger partial charge in [0.05, 0.1) is 0 Å². The Morgan fingerprint density at radius 1 is 0.962 bits per heavy atom. The van der Waals surface area contributed by atoms with Crippen LogP contribution in [0, 0.1) is 5.82 Å². The lowest BCUT2D eigenvalue weighted by Crippen LogP contribution is -2.11. The number of aromatic amines is 1. The highest BCUT2D eigenvalue weighted by molar-refractivity contribution is 6.31. The van der Waals surface area contributed by atoms with Crippen molar-refractivity contribution in [2.24, 2.45) is 0 Å². The SMILES string of the molecule is O=C(Nc1ccc(-c2cc3cc(F)ccc3[nH]2)cc1)c1cccc(Cl)c1. The van der Waals surface area contributed by atoms with Crippen LogP contribution in [0.3, 0.4) is 0 Å². The third-order valence-electron chi connectivity index (χ3n) is 4.12. The first-order chi connectivity index (χ1) is 12.6. The van der Waals surface area contributed by atoms with E-state index in [4.69, 9.17) is 11.6 Å². The molecule has 0 spiro atoms. The lowest BCUT2D eigenvalue weighted by atomic mass is 10.1. The van der Waals surface area contributed by atoms with Gasteiger partial charge in [0, 0.05) is 32.9 Å². The van der Waals surface area contributed by atoms with Crippen LogP contribution in [0.15, 0.2) is 72.8 Å². The van der Waals surface area contributed by atoms with Crippen molar-refractivity contribution in [3.05, 3.63) is 89.2 Å².